The second kappa shape index (κ2) is 7.33. The van der Waals surface area contributed by atoms with Crippen LogP contribution in [0.3, 0.4) is 0 Å². The standard InChI is InChI=1S/C23H23N3O/c1-23(16-25-15-21(23)18-6-3-2-4-7-18)22(27)26-20-11-9-17(10-12-20)19-8-5-13-24-14-19/h2-14,21,25H,15-16H2,1H3,(H,26,27)/t21?,23-/m0/s1. The van der Waals surface area contributed by atoms with Crippen LogP contribution in [0.15, 0.2) is 79.1 Å². The molecule has 1 saturated heterocycles. The molecule has 3 aromatic rings. The number of aromatic nitrogens is 1. The Kier molecular flexibility index (Phi) is 4.73. The van der Waals surface area contributed by atoms with Gasteiger partial charge in [0.25, 0.3) is 0 Å². The molecule has 1 amide bonds. The minimum absolute atomic E-state index is 0.0514. The van der Waals surface area contributed by atoms with E-state index in [4.69, 9.17) is 0 Å². The SMILES string of the molecule is C[C@]1(C(=O)Nc2ccc(-c3cccnc3)cc2)CNCC1c1ccccc1. The fourth-order valence-electron chi connectivity index (χ4n) is 3.79. The highest BCUT2D eigenvalue weighted by atomic mass is 16.2. The predicted molar refractivity (Wildman–Crippen MR) is 108 cm³/mol. The van der Waals surface area contributed by atoms with Crippen LogP contribution in [-0.4, -0.2) is 24.0 Å². The first kappa shape index (κ1) is 17.4. The molecule has 0 spiro atoms. The summed E-state index contributed by atoms with van der Waals surface area (Å²) in [5.74, 6) is 0.212. The second-order valence-corrected chi connectivity index (χ2v) is 7.28. The summed E-state index contributed by atoms with van der Waals surface area (Å²) in [5, 5.41) is 6.50. The van der Waals surface area contributed by atoms with Crippen LogP contribution in [0.5, 0.6) is 0 Å². The highest BCUT2D eigenvalue weighted by Crippen LogP contribution is 2.39. The zero-order valence-corrected chi connectivity index (χ0v) is 15.4. The molecule has 1 aliphatic rings. The molecule has 2 atom stereocenters. The quantitative estimate of drug-likeness (QED) is 0.740. The molecule has 27 heavy (non-hydrogen) atoms. The average molecular weight is 357 g/mol. The van der Waals surface area contributed by atoms with Crippen LogP contribution in [0.1, 0.15) is 18.4 Å². The molecule has 2 aromatic carbocycles. The molecule has 2 N–H and O–H groups in total. The molecule has 0 radical (unpaired) electrons. The summed E-state index contributed by atoms with van der Waals surface area (Å²) in [4.78, 5) is 17.3. The number of pyridine rings is 1. The molecular weight excluding hydrogens is 334 g/mol. The molecule has 1 unspecified atom stereocenters. The summed E-state index contributed by atoms with van der Waals surface area (Å²) in [6, 6.07) is 22.1. The van der Waals surface area contributed by atoms with E-state index in [-0.39, 0.29) is 11.8 Å². The number of hydrogen-bond acceptors (Lipinski definition) is 3. The van der Waals surface area contributed by atoms with E-state index in [1.54, 1.807) is 6.20 Å². The third kappa shape index (κ3) is 3.49. The van der Waals surface area contributed by atoms with Gasteiger partial charge in [-0.15, -0.1) is 0 Å². The number of nitrogens with one attached hydrogen (secondary N) is 2. The van der Waals surface area contributed by atoms with Gasteiger partial charge < -0.3 is 10.6 Å². The van der Waals surface area contributed by atoms with Gasteiger partial charge in [0.05, 0.1) is 5.41 Å². The van der Waals surface area contributed by atoms with Gasteiger partial charge in [-0.3, -0.25) is 9.78 Å². The van der Waals surface area contributed by atoms with Gasteiger partial charge in [-0.2, -0.15) is 0 Å². The van der Waals surface area contributed by atoms with E-state index in [0.29, 0.717) is 6.54 Å². The van der Waals surface area contributed by atoms with Gasteiger partial charge in [0.15, 0.2) is 0 Å². The number of carbonyl (C=O) groups is 1. The number of hydrogen-bond donors (Lipinski definition) is 2. The van der Waals surface area contributed by atoms with Crippen molar-refractivity contribution in [2.24, 2.45) is 5.41 Å². The van der Waals surface area contributed by atoms with Gasteiger partial charge in [0.2, 0.25) is 5.91 Å². The van der Waals surface area contributed by atoms with Crippen molar-refractivity contribution in [3.8, 4) is 11.1 Å². The molecule has 4 nitrogen and oxygen atoms in total. The molecular formula is C23H23N3O. The minimum atomic E-state index is -0.483. The van der Waals surface area contributed by atoms with E-state index in [0.717, 1.165) is 23.4 Å². The first-order valence-corrected chi connectivity index (χ1v) is 9.24. The summed E-state index contributed by atoms with van der Waals surface area (Å²) in [6.45, 7) is 3.53. The van der Waals surface area contributed by atoms with Gasteiger partial charge in [0.1, 0.15) is 0 Å². The van der Waals surface area contributed by atoms with Crippen LogP contribution in [0.25, 0.3) is 11.1 Å². The summed E-state index contributed by atoms with van der Waals surface area (Å²) in [5.41, 5.74) is 3.67. The lowest BCUT2D eigenvalue weighted by Gasteiger charge is -2.29. The van der Waals surface area contributed by atoms with E-state index < -0.39 is 5.41 Å². The third-order valence-electron chi connectivity index (χ3n) is 5.47. The maximum atomic E-state index is 13.1. The Balaban J connectivity index is 1.51. The second-order valence-electron chi connectivity index (χ2n) is 7.28. The highest BCUT2D eigenvalue weighted by Gasteiger charge is 2.45. The highest BCUT2D eigenvalue weighted by molar-refractivity contribution is 5.96. The Morgan fingerprint density at radius 3 is 2.52 bits per heavy atom. The number of benzene rings is 2. The summed E-state index contributed by atoms with van der Waals surface area (Å²) in [6.07, 6.45) is 3.60. The molecule has 4 heteroatoms. The third-order valence-corrected chi connectivity index (χ3v) is 5.47. The van der Waals surface area contributed by atoms with Gasteiger partial charge in [-0.05, 0) is 41.8 Å². The fourth-order valence-corrected chi connectivity index (χ4v) is 3.79. The van der Waals surface area contributed by atoms with Crippen molar-refractivity contribution in [3.63, 3.8) is 0 Å². The smallest absolute Gasteiger partial charge is 0.232 e. The Hall–Kier alpha value is -2.98. The number of carbonyl (C=O) groups excluding carboxylic acids is 1. The Labute approximate surface area is 159 Å². The van der Waals surface area contributed by atoms with Crippen molar-refractivity contribution in [1.29, 1.82) is 0 Å². The molecule has 0 saturated carbocycles. The van der Waals surface area contributed by atoms with Gasteiger partial charge in [0, 0.05) is 37.1 Å². The maximum absolute atomic E-state index is 13.1. The molecule has 136 valence electrons. The Morgan fingerprint density at radius 2 is 1.81 bits per heavy atom. The molecule has 1 fully saturated rings. The minimum Gasteiger partial charge on any atom is -0.326 e. The van der Waals surface area contributed by atoms with Crippen LogP contribution in [-0.2, 0) is 4.79 Å². The van der Waals surface area contributed by atoms with Crippen LogP contribution in [0.2, 0.25) is 0 Å². The molecule has 1 aromatic heterocycles. The van der Waals surface area contributed by atoms with Crippen molar-refractivity contribution in [1.82, 2.24) is 10.3 Å². The normalized spacial score (nSPS) is 21.7. The topological polar surface area (TPSA) is 54.0 Å². The van der Waals surface area contributed by atoms with Crippen molar-refractivity contribution >= 4 is 11.6 Å². The van der Waals surface area contributed by atoms with Gasteiger partial charge >= 0.3 is 0 Å². The van der Waals surface area contributed by atoms with Crippen LogP contribution < -0.4 is 10.6 Å². The van der Waals surface area contributed by atoms with Crippen LogP contribution in [0.4, 0.5) is 5.69 Å². The number of nitrogens with zero attached hydrogens (tertiary/aromatic N) is 1. The largest absolute Gasteiger partial charge is 0.326 e. The summed E-state index contributed by atoms with van der Waals surface area (Å²) >= 11 is 0. The van der Waals surface area contributed by atoms with Crippen LogP contribution >= 0.6 is 0 Å². The van der Waals surface area contributed by atoms with E-state index in [2.05, 4.69) is 27.8 Å². The van der Waals surface area contributed by atoms with E-state index in [1.807, 2.05) is 67.7 Å². The molecule has 2 heterocycles. The first-order valence-electron chi connectivity index (χ1n) is 9.24. The molecule has 1 aliphatic heterocycles. The number of amides is 1. The van der Waals surface area contributed by atoms with E-state index in [9.17, 15) is 4.79 Å². The van der Waals surface area contributed by atoms with E-state index >= 15 is 0 Å². The number of anilines is 1. The monoisotopic (exact) mass is 357 g/mol. The van der Waals surface area contributed by atoms with Crippen LogP contribution in [0, 0.1) is 5.41 Å². The number of rotatable bonds is 4. The zero-order valence-electron chi connectivity index (χ0n) is 15.4. The lowest BCUT2D eigenvalue weighted by atomic mass is 9.75. The summed E-state index contributed by atoms with van der Waals surface area (Å²) < 4.78 is 0. The molecule has 4 rings (SSSR count). The van der Waals surface area contributed by atoms with Crippen molar-refractivity contribution in [2.45, 2.75) is 12.8 Å². The van der Waals surface area contributed by atoms with Gasteiger partial charge in [-0.1, -0.05) is 48.5 Å². The van der Waals surface area contributed by atoms with Crippen molar-refractivity contribution < 1.29 is 4.79 Å². The Morgan fingerprint density at radius 1 is 1.04 bits per heavy atom. The average Bonchev–Trinajstić information content (AvgIpc) is 3.13. The molecule has 0 bridgehead atoms. The fraction of sp³-hybridized carbons (Fsp3) is 0.217. The van der Waals surface area contributed by atoms with Crippen molar-refractivity contribution in [2.75, 3.05) is 18.4 Å². The molecule has 0 aliphatic carbocycles. The lowest BCUT2D eigenvalue weighted by molar-refractivity contribution is -0.124. The summed E-state index contributed by atoms with van der Waals surface area (Å²) in [7, 11) is 0. The van der Waals surface area contributed by atoms with Crippen molar-refractivity contribution in [3.05, 3.63) is 84.7 Å². The van der Waals surface area contributed by atoms with E-state index in [1.165, 1.54) is 5.56 Å². The zero-order chi connectivity index (χ0) is 18.7. The lowest BCUT2D eigenvalue weighted by Crippen LogP contribution is -2.39. The predicted octanol–water partition coefficient (Wildman–Crippen LogP) is 4.08. The van der Waals surface area contributed by atoms with Gasteiger partial charge in [-0.25, -0.2) is 0 Å². The maximum Gasteiger partial charge on any atom is 0.232 e. The first-order chi connectivity index (χ1) is 13.2. The Bertz CT molecular complexity index is 909.